The Morgan fingerprint density at radius 2 is 1.92 bits per heavy atom. The summed E-state index contributed by atoms with van der Waals surface area (Å²) in [5.41, 5.74) is 2.02. The van der Waals surface area contributed by atoms with Crippen LogP contribution < -0.4 is 10.1 Å². The molecule has 1 aromatic heterocycles. The number of hydrogen-bond acceptors (Lipinski definition) is 4. The van der Waals surface area contributed by atoms with Crippen LogP contribution in [0.1, 0.15) is 17.0 Å². The summed E-state index contributed by atoms with van der Waals surface area (Å²) in [5.74, 6) is 1.23. The van der Waals surface area contributed by atoms with Crippen molar-refractivity contribution in [2.45, 2.75) is 19.5 Å². The Balaban J connectivity index is 1.65. The molecule has 3 aromatic rings. The van der Waals surface area contributed by atoms with Crippen molar-refractivity contribution in [3.05, 3.63) is 76.3 Å². The molecular formula is C19H20N4O2S. The third-order valence-electron chi connectivity index (χ3n) is 4.01. The fraction of sp³-hybridized carbons (Fsp3) is 0.211. The molecule has 1 heterocycles. The van der Waals surface area contributed by atoms with Crippen molar-refractivity contribution >= 4 is 18.1 Å². The minimum absolute atomic E-state index is 0.126. The molecule has 0 fully saturated rings. The highest BCUT2D eigenvalue weighted by atomic mass is 32.1. The van der Waals surface area contributed by atoms with E-state index in [0.717, 1.165) is 16.9 Å². The highest BCUT2D eigenvalue weighted by molar-refractivity contribution is 7.71. The topological polar surface area (TPSA) is 71.9 Å². The molecule has 6 nitrogen and oxygen atoms in total. The fourth-order valence-corrected chi connectivity index (χ4v) is 2.88. The van der Waals surface area contributed by atoms with Gasteiger partial charge in [-0.05, 0) is 23.8 Å². The van der Waals surface area contributed by atoms with Gasteiger partial charge in [0, 0.05) is 12.1 Å². The lowest BCUT2D eigenvalue weighted by molar-refractivity contribution is -0.120. The number of benzene rings is 2. The molecule has 0 saturated heterocycles. The number of methoxy groups -OCH3 is 1. The van der Waals surface area contributed by atoms with Crippen LogP contribution in [-0.4, -0.2) is 27.8 Å². The van der Waals surface area contributed by atoms with E-state index in [1.165, 1.54) is 0 Å². The number of aromatic amines is 1. The monoisotopic (exact) mass is 368 g/mol. The normalized spacial score (nSPS) is 10.5. The number of carbonyl (C=O) groups is 1. The molecule has 0 spiro atoms. The Labute approximate surface area is 156 Å². The quantitative estimate of drug-likeness (QED) is 0.629. The molecule has 134 valence electrons. The van der Waals surface area contributed by atoms with Gasteiger partial charge in [0.15, 0.2) is 4.77 Å². The minimum atomic E-state index is -0.126. The van der Waals surface area contributed by atoms with Gasteiger partial charge in [-0.3, -0.25) is 14.5 Å². The van der Waals surface area contributed by atoms with Crippen molar-refractivity contribution in [2.24, 2.45) is 0 Å². The van der Waals surface area contributed by atoms with Crippen LogP contribution in [0.4, 0.5) is 0 Å². The average molecular weight is 368 g/mol. The van der Waals surface area contributed by atoms with Gasteiger partial charge in [0.25, 0.3) is 0 Å². The predicted octanol–water partition coefficient (Wildman–Crippen LogP) is 2.86. The smallest absolute Gasteiger partial charge is 0.227 e. The molecule has 0 unspecified atom stereocenters. The van der Waals surface area contributed by atoms with Crippen molar-refractivity contribution in [1.29, 1.82) is 0 Å². The Bertz CT molecular complexity index is 934. The fourth-order valence-electron chi connectivity index (χ4n) is 2.66. The van der Waals surface area contributed by atoms with E-state index in [2.05, 4.69) is 15.5 Å². The van der Waals surface area contributed by atoms with E-state index in [1.807, 2.05) is 59.2 Å². The van der Waals surface area contributed by atoms with Crippen LogP contribution in [0.2, 0.25) is 0 Å². The first kappa shape index (κ1) is 17.9. The molecule has 0 aliphatic carbocycles. The van der Waals surface area contributed by atoms with E-state index in [0.29, 0.717) is 23.7 Å². The van der Waals surface area contributed by atoms with Crippen molar-refractivity contribution in [2.75, 3.05) is 7.11 Å². The van der Waals surface area contributed by atoms with Crippen LogP contribution in [0, 0.1) is 4.77 Å². The molecule has 0 aliphatic rings. The van der Waals surface area contributed by atoms with E-state index >= 15 is 0 Å². The molecule has 0 aliphatic heterocycles. The van der Waals surface area contributed by atoms with E-state index in [-0.39, 0.29) is 12.3 Å². The molecule has 0 bridgehead atoms. The van der Waals surface area contributed by atoms with Crippen molar-refractivity contribution in [3.8, 4) is 5.75 Å². The lowest BCUT2D eigenvalue weighted by Gasteiger charge is -2.10. The predicted molar refractivity (Wildman–Crippen MR) is 102 cm³/mol. The zero-order valence-electron chi connectivity index (χ0n) is 14.4. The number of hydrogen-bond donors (Lipinski definition) is 2. The number of para-hydroxylation sites is 1. The van der Waals surface area contributed by atoms with Crippen molar-refractivity contribution < 1.29 is 9.53 Å². The molecule has 0 saturated carbocycles. The van der Waals surface area contributed by atoms with Crippen LogP contribution in [0.5, 0.6) is 5.75 Å². The van der Waals surface area contributed by atoms with Gasteiger partial charge in [-0.15, -0.1) is 0 Å². The minimum Gasteiger partial charge on any atom is -0.496 e. The summed E-state index contributed by atoms with van der Waals surface area (Å²) in [7, 11) is 1.61. The molecular weight excluding hydrogens is 348 g/mol. The van der Waals surface area contributed by atoms with E-state index in [4.69, 9.17) is 17.0 Å². The second-order valence-electron chi connectivity index (χ2n) is 5.78. The Morgan fingerprint density at radius 1 is 1.19 bits per heavy atom. The number of amides is 1. The van der Waals surface area contributed by atoms with Gasteiger partial charge in [-0.2, -0.15) is 5.10 Å². The third-order valence-corrected chi connectivity index (χ3v) is 4.32. The molecule has 26 heavy (non-hydrogen) atoms. The van der Waals surface area contributed by atoms with Crippen molar-refractivity contribution in [1.82, 2.24) is 20.1 Å². The second-order valence-corrected chi connectivity index (χ2v) is 6.17. The largest absolute Gasteiger partial charge is 0.496 e. The van der Waals surface area contributed by atoms with Gasteiger partial charge in [-0.1, -0.05) is 48.5 Å². The summed E-state index contributed by atoms with van der Waals surface area (Å²) < 4.78 is 7.64. The number of nitrogens with one attached hydrogen (secondary N) is 2. The lowest BCUT2D eigenvalue weighted by Crippen LogP contribution is -2.26. The summed E-state index contributed by atoms with van der Waals surface area (Å²) in [6.45, 7) is 0.970. The summed E-state index contributed by atoms with van der Waals surface area (Å²) in [6.07, 6.45) is 0.148. The van der Waals surface area contributed by atoms with Crippen LogP contribution in [0.25, 0.3) is 0 Å². The summed E-state index contributed by atoms with van der Waals surface area (Å²) in [5, 5.41) is 9.87. The molecule has 2 aromatic carbocycles. The lowest BCUT2D eigenvalue weighted by atomic mass is 10.2. The summed E-state index contributed by atoms with van der Waals surface area (Å²) in [6, 6.07) is 17.5. The van der Waals surface area contributed by atoms with E-state index < -0.39 is 0 Å². The molecule has 0 atom stereocenters. The Morgan fingerprint density at radius 3 is 2.69 bits per heavy atom. The maximum Gasteiger partial charge on any atom is 0.227 e. The highest BCUT2D eigenvalue weighted by Gasteiger charge is 2.12. The first-order valence-corrected chi connectivity index (χ1v) is 8.65. The van der Waals surface area contributed by atoms with Gasteiger partial charge >= 0.3 is 0 Å². The third kappa shape index (κ3) is 4.37. The van der Waals surface area contributed by atoms with E-state index in [1.54, 1.807) is 7.11 Å². The number of nitrogens with zero attached hydrogens (tertiary/aromatic N) is 2. The molecule has 3 rings (SSSR count). The number of ether oxygens (including phenoxy) is 1. The van der Waals surface area contributed by atoms with Crippen LogP contribution >= 0.6 is 12.2 Å². The van der Waals surface area contributed by atoms with Gasteiger partial charge in [0.05, 0.1) is 20.1 Å². The number of carbonyl (C=O) groups excluding carboxylic acids is 1. The second kappa shape index (κ2) is 8.44. The van der Waals surface area contributed by atoms with Crippen molar-refractivity contribution in [3.63, 3.8) is 0 Å². The van der Waals surface area contributed by atoms with Gasteiger partial charge in [0.1, 0.15) is 11.6 Å². The number of aromatic nitrogens is 3. The summed E-state index contributed by atoms with van der Waals surface area (Å²) in [4.78, 5) is 12.3. The number of rotatable bonds is 7. The van der Waals surface area contributed by atoms with Crippen LogP contribution in [-0.2, 0) is 24.3 Å². The van der Waals surface area contributed by atoms with Gasteiger partial charge in [0.2, 0.25) is 5.91 Å². The van der Waals surface area contributed by atoms with Crippen LogP contribution in [0.15, 0.2) is 54.6 Å². The number of H-pyrrole nitrogens is 1. The SMILES string of the molecule is COc1ccccc1CNC(=O)Cc1n[nH]c(=S)n1Cc1ccccc1. The Kier molecular flexibility index (Phi) is 5.80. The molecule has 0 radical (unpaired) electrons. The zero-order chi connectivity index (χ0) is 18.4. The zero-order valence-corrected chi connectivity index (χ0v) is 15.3. The highest BCUT2D eigenvalue weighted by Crippen LogP contribution is 2.16. The van der Waals surface area contributed by atoms with E-state index in [9.17, 15) is 4.79 Å². The standard InChI is InChI=1S/C19H20N4O2S/c1-25-16-10-6-5-9-15(16)12-20-18(24)11-17-21-22-19(26)23(17)13-14-7-3-2-4-8-14/h2-10H,11-13H2,1H3,(H,20,24)(H,22,26). The average Bonchev–Trinajstić information content (AvgIpc) is 3.01. The first-order valence-electron chi connectivity index (χ1n) is 8.24. The Hall–Kier alpha value is -2.93. The molecule has 2 N–H and O–H groups in total. The van der Waals surface area contributed by atoms with Gasteiger partial charge < -0.3 is 10.1 Å². The maximum atomic E-state index is 12.3. The maximum absolute atomic E-state index is 12.3. The molecule has 7 heteroatoms. The van der Waals surface area contributed by atoms with Crippen LogP contribution in [0.3, 0.4) is 0 Å². The molecule has 1 amide bonds. The van der Waals surface area contributed by atoms with Gasteiger partial charge in [-0.25, -0.2) is 0 Å². The first-order chi connectivity index (χ1) is 12.7. The summed E-state index contributed by atoms with van der Waals surface area (Å²) >= 11 is 5.30.